The van der Waals surface area contributed by atoms with Crippen LogP contribution in [0.2, 0.25) is 0 Å². The first kappa shape index (κ1) is 14.2. The van der Waals surface area contributed by atoms with E-state index >= 15 is 0 Å². The van der Waals surface area contributed by atoms with Crippen LogP contribution in [0.15, 0.2) is 42.5 Å². The molecule has 23 heavy (non-hydrogen) atoms. The highest BCUT2D eigenvalue weighted by atomic mass is 16.5. The van der Waals surface area contributed by atoms with Crippen molar-refractivity contribution in [3.05, 3.63) is 59.3 Å². The van der Waals surface area contributed by atoms with Crippen molar-refractivity contribution in [1.29, 1.82) is 0 Å². The van der Waals surface area contributed by atoms with Crippen molar-refractivity contribution >= 4 is 10.9 Å². The Balaban J connectivity index is 1.90. The van der Waals surface area contributed by atoms with E-state index in [1.54, 1.807) is 14.2 Å². The minimum atomic E-state index is 0.205. The maximum Gasteiger partial charge on any atom is 0.170 e. The van der Waals surface area contributed by atoms with Gasteiger partial charge in [0.05, 0.1) is 32.0 Å². The van der Waals surface area contributed by atoms with E-state index in [2.05, 4.69) is 40.6 Å². The van der Waals surface area contributed by atoms with Gasteiger partial charge in [-0.2, -0.15) is 0 Å². The van der Waals surface area contributed by atoms with Crippen LogP contribution >= 0.6 is 0 Å². The number of rotatable bonds is 3. The largest absolute Gasteiger partial charge is 0.493 e. The number of nitrogens with two attached hydrogens (primary N) is 1. The quantitative estimate of drug-likeness (QED) is 0.780. The van der Waals surface area contributed by atoms with Crippen LogP contribution in [-0.4, -0.2) is 25.7 Å². The predicted octanol–water partition coefficient (Wildman–Crippen LogP) is 2.39. The molecule has 1 unspecified atom stereocenters. The van der Waals surface area contributed by atoms with Gasteiger partial charge in [-0.05, 0) is 23.8 Å². The van der Waals surface area contributed by atoms with Gasteiger partial charge in [0.1, 0.15) is 0 Å². The zero-order valence-corrected chi connectivity index (χ0v) is 13.4. The van der Waals surface area contributed by atoms with Gasteiger partial charge in [-0.15, -0.1) is 0 Å². The number of quaternary nitrogens is 1. The van der Waals surface area contributed by atoms with Crippen LogP contribution in [0.3, 0.4) is 0 Å². The molecular weight excluding hydrogens is 288 g/mol. The SMILES string of the molecule is COc1cccc(C2[NH2+]CCc3c2[nH]c2ccccc32)c1OC. The molecule has 118 valence electrons. The van der Waals surface area contributed by atoms with Crippen LogP contribution in [0.4, 0.5) is 0 Å². The molecule has 1 aliphatic heterocycles. The maximum atomic E-state index is 5.65. The Hall–Kier alpha value is -2.46. The fraction of sp³-hybridized carbons (Fsp3) is 0.263. The number of H-pyrrole nitrogens is 1. The van der Waals surface area contributed by atoms with E-state index in [1.165, 1.54) is 22.2 Å². The summed E-state index contributed by atoms with van der Waals surface area (Å²) in [6.45, 7) is 1.07. The lowest BCUT2D eigenvalue weighted by molar-refractivity contribution is -0.690. The first-order chi connectivity index (χ1) is 11.3. The van der Waals surface area contributed by atoms with Gasteiger partial charge in [-0.1, -0.05) is 24.3 Å². The molecule has 0 saturated carbocycles. The molecule has 3 aromatic rings. The molecule has 1 aliphatic rings. The van der Waals surface area contributed by atoms with E-state index in [-0.39, 0.29) is 6.04 Å². The zero-order valence-electron chi connectivity index (χ0n) is 13.4. The molecule has 4 rings (SSSR count). The van der Waals surface area contributed by atoms with Crippen LogP contribution in [0.1, 0.15) is 22.9 Å². The predicted molar refractivity (Wildman–Crippen MR) is 90.2 cm³/mol. The van der Waals surface area contributed by atoms with Gasteiger partial charge in [-0.3, -0.25) is 0 Å². The fourth-order valence-corrected chi connectivity index (χ4v) is 3.71. The second kappa shape index (κ2) is 5.63. The smallest absolute Gasteiger partial charge is 0.170 e. The number of benzene rings is 2. The van der Waals surface area contributed by atoms with Crippen LogP contribution in [0.5, 0.6) is 11.5 Å². The minimum absolute atomic E-state index is 0.205. The van der Waals surface area contributed by atoms with E-state index in [0.717, 1.165) is 30.0 Å². The lowest BCUT2D eigenvalue weighted by Gasteiger charge is -2.23. The van der Waals surface area contributed by atoms with Gasteiger partial charge < -0.3 is 19.8 Å². The Kier molecular flexibility index (Phi) is 3.46. The molecule has 3 N–H and O–H groups in total. The summed E-state index contributed by atoms with van der Waals surface area (Å²) >= 11 is 0. The zero-order chi connectivity index (χ0) is 15.8. The number of methoxy groups -OCH3 is 2. The molecule has 2 heterocycles. The molecule has 1 aromatic heterocycles. The maximum absolute atomic E-state index is 5.65. The number of aromatic amines is 1. The van der Waals surface area contributed by atoms with E-state index in [1.807, 2.05) is 12.1 Å². The second-order valence-electron chi connectivity index (χ2n) is 5.90. The minimum Gasteiger partial charge on any atom is -0.493 e. The van der Waals surface area contributed by atoms with Gasteiger partial charge in [0.15, 0.2) is 17.5 Å². The molecule has 1 atom stereocenters. The standard InChI is InChI=1S/C19H20N2O2/c1-22-16-9-5-7-14(19(16)23-2)17-18-13(10-11-20-17)12-6-3-4-8-15(12)21-18/h3-9,17,20-21H,10-11H2,1-2H3/p+1. The normalized spacial score (nSPS) is 17.0. The molecule has 0 radical (unpaired) electrons. The Morgan fingerprint density at radius 2 is 1.91 bits per heavy atom. The fourth-order valence-electron chi connectivity index (χ4n) is 3.71. The summed E-state index contributed by atoms with van der Waals surface area (Å²) in [5.74, 6) is 1.60. The summed E-state index contributed by atoms with van der Waals surface area (Å²) in [7, 11) is 3.39. The summed E-state index contributed by atoms with van der Waals surface area (Å²) in [6.07, 6.45) is 1.09. The molecule has 0 spiro atoms. The van der Waals surface area contributed by atoms with Crippen molar-refractivity contribution in [1.82, 2.24) is 4.98 Å². The van der Waals surface area contributed by atoms with Crippen molar-refractivity contribution < 1.29 is 14.8 Å². The van der Waals surface area contributed by atoms with E-state index < -0.39 is 0 Å². The molecule has 4 heteroatoms. The Morgan fingerprint density at radius 3 is 2.74 bits per heavy atom. The van der Waals surface area contributed by atoms with Crippen molar-refractivity contribution in [3.63, 3.8) is 0 Å². The van der Waals surface area contributed by atoms with E-state index in [9.17, 15) is 0 Å². The third-order valence-electron chi connectivity index (χ3n) is 4.72. The van der Waals surface area contributed by atoms with Crippen LogP contribution < -0.4 is 14.8 Å². The van der Waals surface area contributed by atoms with Crippen LogP contribution in [-0.2, 0) is 6.42 Å². The highest BCUT2D eigenvalue weighted by molar-refractivity contribution is 5.85. The van der Waals surface area contributed by atoms with Gasteiger partial charge in [0, 0.05) is 17.3 Å². The average molecular weight is 309 g/mol. The molecule has 4 nitrogen and oxygen atoms in total. The van der Waals surface area contributed by atoms with Gasteiger partial charge in [0.25, 0.3) is 0 Å². The monoisotopic (exact) mass is 309 g/mol. The van der Waals surface area contributed by atoms with E-state index in [4.69, 9.17) is 9.47 Å². The molecule has 0 fully saturated rings. The first-order valence-corrected chi connectivity index (χ1v) is 7.97. The topological polar surface area (TPSA) is 50.9 Å². The summed E-state index contributed by atoms with van der Waals surface area (Å²) in [6, 6.07) is 14.8. The van der Waals surface area contributed by atoms with Crippen LogP contribution in [0.25, 0.3) is 10.9 Å². The number of nitrogens with one attached hydrogen (secondary N) is 1. The molecule has 2 aromatic carbocycles. The van der Waals surface area contributed by atoms with Gasteiger partial charge in [0.2, 0.25) is 0 Å². The molecule has 0 saturated heterocycles. The molecule has 0 bridgehead atoms. The summed E-state index contributed by atoms with van der Waals surface area (Å²) in [4.78, 5) is 3.63. The summed E-state index contributed by atoms with van der Waals surface area (Å²) in [5, 5.41) is 3.71. The van der Waals surface area contributed by atoms with E-state index in [0.29, 0.717) is 0 Å². The summed E-state index contributed by atoms with van der Waals surface area (Å²) in [5.41, 5.74) is 5.07. The van der Waals surface area contributed by atoms with Gasteiger partial charge >= 0.3 is 0 Å². The third-order valence-corrected chi connectivity index (χ3v) is 4.72. The Bertz CT molecular complexity index is 854. The number of aromatic nitrogens is 1. The average Bonchev–Trinajstić information content (AvgIpc) is 2.99. The number of para-hydroxylation sites is 2. The van der Waals surface area contributed by atoms with Gasteiger partial charge in [-0.25, -0.2) is 0 Å². The third kappa shape index (κ3) is 2.18. The Morgan fingerprint density at radius 1 is 1.04 bits per heavy atom. The van der Waals surface area contributed by atoms with Crippen molar-refractivity contribution in [2.24, 2.45) is 0 Å². The molecular formula is C19H21N2O2+. The number of hydrogen-bond donors (Lipinski definition) is 2. The number of fused-ring (bicyclic) bond motifs is 3. The highest BCUT2D eigenvalue weighted by Crippen LogP contribution is 2.38. The van der Waals surface area contributed by atoms with Crippen molar-refractivity contribution in [2.75, 3.05) is 20.8 Å². The lowest BCUT2D eigenvalue weighted by atomic mass is 9.93. The second-order valence-corrected chi connectivity index (χ2v) is 5.90. The van der Waals surface area contributed by atoms with Crippen LogP contribution in [0, 0.1) is 0 Å². The number of ether oxygens (including phenoxy) is 2. The molecule has 0 amide bonds. The summed E-state index contributed by atoms with van der Waals surface area (Å²) < 4.78 is 11.1. The van der Waals surface area contributed by atoms with Crippen molar-refractivity contribution in [3.8, 4) is 11.5 Å². The number of hydrogen-bond acceptors (Lipinski definition) is 2. The Labute approximate surface area is 135 Å². The molecule has 0 aliphatic carbocycles. The highest BCUT2D eigenvalue weighted by Gasteiger charge is 2.31. The lowest BCUT2D eigenvalue weighted by Crippen LogP contribution is -2.87. The first-order valence-electron chi connectivity index (χ1n) is 7.97. The van der Waals surface area contributed by atoms with Crippen molar-refractivity contribution in [2.45, 2.75) is 12.5 Å².